The van der Waals surface area contributed by atoms with Crippen molar-refractivity contribution in [2.75, 3.05) is 13.1 Å². The molecule has 1 atom stereocenters. The Labute approximate surface area is 73.9 Å². The van der Waals surface area contributed by atoms with E-state index in [1.807, 2.05) is 6.92 Å². The van der Waals surface area contributed by atoms with Crippen molar-refractivity contribution < 1.29 is 4.79 Å². The van der Waals surface area contributed by atoms with E-state index in [1.54, 1.807) is 0 Å². The van der Waals surface area contributed by atoms with Crippen LogP contribution in [0.4, 0.5) is 0 Å². The zero-order valence-corrected chi connectivity index (χ0v) is 7.73. The molecule has 0 aromatic carbocycles. The predicted molar refractivity (Wildman–Crippen MR) is 48.9 cm³/mol. The average molecular weight is 170 g/mol. The Morgan fingerprint density at radius 1 is 1.58 bits per heavy atom. The summed E-state index contributed by atoms with van der Waals surface area (Å²) in [5, 5.41) is 6.32. The molecule has 1 aliphatic rings. The summed E-state index contributed by atoms with van der Waals surface area (Å²) in [4.78, 5) is 11.1. The SMILES string of the molecule is CCC(=O)NC1CCCCNC1. The van der Waals surface area contributed by atoms with Gasteiger partial charge in [-0.1, -0.05) is 13.3 Å². The molecule has 1 rings (SSSR count). The summed E-state index contributed by atoms with van der Waals surface area (Å²) in [6, 6.07) is 0.361. The molecule has 3 heteroatoms. The lowest BCUT2D eigenvalue weighted by Crippen LogP contribution is -2.40. The first kappa shape index (κ1) is 9.52. The van der Waals surface area contributed by atoms with E-state index in [-0.39, 0.29) is 5.91 Å². The molecule has 2 N–H and O–H groups in total. The van der Waals surface area contributed by atoms with Gasteiger partial charge in [0.2, 0.25) is 5.91 Å². The van der Waals surface area contributed by atoms with Gasteiger partial charge in [0.15, 0.2) is 0 Å². The molecule has 0 saturated carbocycles. The van der Waals surface area contributed by atoms with E-state index in [0.29, 0.717) is 12.5 Å². The Hall–Kier alpha value is -0.570. The van der Waals surface area contributed by atoms with Gasteiger partial charge in [-0.05, 0) is 19.4 Å². The normalized spacial score (nSPS) is 24.6. The van der Waals surface area contributed by atoms with Crippen LogP contribution < -0.4 is 10.6 Å². The fourth-order valence-corrected chi connectivity index (χ4v) is 1.47. The topological polar surface area (TPSA) is 41.1 Å². The minimum absolute atomic E-state index is 0.170. The molecule has 0 spiro atoms. The summed E-state index contributed by atoms with van der Waals surface area (Å²) in [6.07, 6.45) is 4.18. The van der Waals surface area contributed by atoms with E-state index >= 15 is 0 Å². The summed E-state index contributed by atoms with van der Waals surface area (Å²) in [5.41, 5.74) is 0. The molecule has 3 nitrogen and oxygen atoms in total. The lowest BCUT2D eigenvalue weighted by molar-refractivity contribution is -0.121. The third-order valence-corrected chi connectivity index (χ3v) is 2.23. The Balaban J connectivity index is 2.24. The molecule has 1 fully saturated rings. The van der Waals surface area contributed by atoms with Crippen LogP contribution in [0.2, 0.25) is 0 Å². The average Bonchev–Trinajstić information content (AvgIpc) is 2.33. The van der Waals surface area contributed by atoms with Crippen LogP contribution in [0.5, 0.6) is 0 Å². The van der Waals surface area contributed by atoms with Crippen molar-refractivity contribution >= 4 is 5.91 Å². The van der Waals surface area contributed by atoms with Gasteiger partial charge in [-0.3, -0.25) is 4.79 Å². The third kappa shape index (κ3) is 3.22. The van der Waals surface area contributed by atoms with Crippen LogP contribution in [0.3, 0.4) is 0 Å². The van der Waals surface area contributed by atoms with Crippen LogP contribution in [0, 0.1) is 0 Å². The smallest absolute Gasteiger partial charge is 0.219 e. The second kappa shape index (κ2) is 5.14. The highest BCUT2D eigenvalue weighted by atomic mass is 16.1. The van der Waals surface area contributed by atoms with Gasteiger partial charge in [0, 0.05) is 19.0 Å². The number of rotatable bonds is 2. The summed E-state index contributed by atoms with van der Waals surface area (Å²) in [7, 11) is 0. The number of amides is 1. The molecule has 0 aromatic rings. The summed E-state index contributed by atoms with van der Waals surface area (Å²) in [5.74, 6) is 0.170. The number of carbonyl (C=O) groups is 1. The number of carbonyl (C=O) groups excluding carboxylic acids is 1. The van der Waals surface area contributed by atoms with Crippen LogP contribution in [0.25, 0.3) is 0 Å². The number of nitrogens with one attached hydrogen (secondary N) is 2. The monoisotopic (exact) mass is 170 g/mol. The molecule has 0 radical (unpaired) electrons. The molecule has 0 bridgehead atoms. The highest BCUT2D eigenvalue weighted by Gasteiger charge is 2.12. The zero-order valence-electron chi connectivity index (χ0n) is 7.73. The highest BCUT2D eigenvalue weighted by molar-refractivity contribution is 5.75. The summed E-state index contributed by atoms with van der Waals surface area (Å²) >= 11 is 0. The van der Waals surface area contributed by atoms with Gasteiger partial charge in [-0.15, -0.1) is 0 Å². The standard InChI is InChI=1S/C9H18N2O/c1-2-9(12)11-8-5-3-4-6-10-7-8/h8,10H,2-7H2,1H3,(H,11,12). The van der Waals surface area contributed by atoms with Gasteiger partial charge in [0.25, 0.3) is 0 Å². The minimum Gasteiger partial charge on any atom is -0.352 e. The lowest BCUT2D eigenvalue weighted by atomic mass is 10.1. The van der Waals surface area contributed by atoms with Gasteiger partial charge in [-0.2, -0.15) is 0 Å². The number of hydrogen-bond donors (Lipinski definition) is 2. The molecule has 1 unspecified atom stereocenters. The van der Waals surface area contributed by atoms with Crippen LogP contribution >= 0.6 is 0 Å². The van der Waals surface area contributed by atoms with Crippen molar-refractivity contribution in [3.05, 3.63) is 0 Å². The van der Waals surface area contributed by atoms with Gasteiger partial charge < -0.3 is 10.6 Å². The first-order valence-electron chi connectivity index (χ1n) is 4.83. The van der Waals surface area contributed by atoms with Crippen molar-refractivity contribution in [1.29, 1.82) is 0 Å². The maximum absolute atomic E-state index is 11.1. The van der Waals surface area contributed by atoms with Crippen LogP contribution in [0.1, 0.15) is 32.6 Å². The quantitative estimate of drug-likeness (QED) is 0.639. The maximum atomic E-state index is 11.1. The Morgan fingerprint density at radius 3 is 3.17 bits per heavy atom. The molecule has 0 aliphatic carbocycles. The molecular weight excluding hydrogens is 152 g/mol. The van der Waals surface area contributed by atoms with Crippen molar-refractivity contribution in [2.24, 2.45) is 0 Å². The lowest BCUT2D eigenvalue weighted by Gasteiger charge is -2.15. The first-order chi connectivity index (χ1) is 5.83. The largest absolute Gasteiger partial charge is 0.352 e. The van der Waals surface area contributed by atoms with E-state index in [4.69, 9.17) is 0 Å². The van der Waals surface area contributed by atoms with Crippen molar-refractivity contribution in [3.63, 3.8) is 0 Å². The van der Waals surface area contributed by atoms with Gasteiger partial charge in [-0.25, -0.2) is 0 Å². The van der Waals surface area contributed by atoms with Crippen LogP contribution in [-0.4, -0.2) is 25.0 Å². The first-order valence-corrected chi connectivity index (χ1v) is 4.83. The van der Waals surface area contributed by atoms with Crippen LogP contribution in [0.15, 0.2) is 0 Å². The Kier molecular flexibility index (Phi) is 4.08. The zero-order chi connectivity index (χ0) is 8.81. The third-order valence-electron chi connectivity index (χ3n) is 2.23. The minimum atomic E-state index is 0.170. The second-order valence-electron chi connectivity index (χ2n) is 3.32. The molecule has 0 aromatic heterocycles. The predicted octanol–water partition coefficient (Wildman–Crippen LogP) is 0.655. The second-order valence-corrected chi connectivity index (χ2v) is 3.32. The van der Waals surface area contributed by atoms with Crippen molar-refractivity contribution in [2.45, 2.75) is 38.6 Å². The van der Waals surface area contributed by atoms with Crippen molar-refractivity contribution in [3.8, 4) is 0 Å². The molecular formula is C9H18N2O. The maximum Gasteiger partial charge on any atom is 0.219 e. The fourth-order valence-electron chi connectivity index (χ4n) is 1.47. The fraction of sp³-hybridized carbons (Fsp3) is 0.889. The number of hydrogen-bond acceptors (Lipinski definition) is 2. The van der Waals surface area contributed by atoms with Gasteiger partial charge in [0.05, 0.1) is 0 Å². The highest BCUT2D eigenvalue weighted by Crippen LogP contribution is 2.03. The van der Waals surface area contributed by atoms with Crippen LogP contribution in [-0.2, 0) is 4.79 Å². The van der Waals surface area contributed by atoms with E-state index < -0.39 is 0 Å². The van der Waals surface area contributed by atoms with E-state index in [1.165, 1.54) is 12.8 Å². The molecule has 1 saturated heterocycles. The van der Waals surface area contributed by atoms with E-state index in [9.17, 15) is 4.79 Å². The molecule has 1 amide bonds. The van der Waals surface area contributed by atoms with Gasteiger partial charge in [0.1, 0.15) is 0 Å². The Morgan fingerprint density at radius 2 is 2.42 bits per heavy atom. The van der Waals surface area contributed by atoms with Gasteiger partial charge >= 0.3 is 0 Å². The molecule has 1 aliphatic heterocycles. The summed E-state index contributed by atoms with van der Waals surface area (Å²) in [6.45, 7) is 3.92. The Bertz CT molecular complexity index is 139. The van der Waals surface area contributed by atoms with E-state index in [2.05, 4.69) is 10.6 Å². The summed E-state index contributed by atoms with van der Waals surface area (Å²) < 4.78 is 0. The van der Waals surface area contributed by atoms with E-state index in [0.717, 1.165) is 19.5 Å². The molecule has 70 valence electrons. The molecule has 12 heavy (non-hydrogen) atoms. The van der Waals surface area contributed by atoms with Crippen molar-refractivity contribution in [1.82, 2.24) is 10.6 Å². The molecule has 1 heterocycles.